The molecule has 116 valence electrons. The van der Waals surface area contributed by atoms with Crippen molar-refractivity contribution in [2.75, 3.05) is 6.61 Å². The van der Waals surface area contributed by atoms with E-state index in [1.54, 1.807) is 0 Å². The van der Waals surface area contributed by atoms with Gasteiger partial charge < -0.3 is 14.8 Å². The summed E-state index contributed by atoms with van der Waals surface area (Å²) in [4.78, 5) is 11.1. The van der Waals surface area contributed by atoms with Crippen LogP contribution in [0, 0.1) is 11.8 Å². The van der Waals surface area contributed by atoms with E-state index < -0.39 is 0 Å². The number of hydrogen-bond acceptors (Lipinski definition) is 5. The van der Waals surface area contributed by atoms with Gasteiger partial charge in [-0.2, -0.15) is 0 Å². The molecule has 0 aromatic carbocycles. The van der Waals surface area contributed by atoms with Crippen molar-refractivity contribution in [3.05, 3.63) is 11.6 Å². The van der Waals surface area contributed by atoms with E-state index in [9.17, 15) is 5.11 Å². The van der Waals surface area contributed by atoms with Crippen LogP contribution in [0.2, 0.25) is 0 Å². The van der Waals surface area contributed by atoms with Crippen LogP contribution in [0.4, 0.5) is 0 Å². The monoisotopic (exact) mass is 420 g/mol. The maximum Gasteiger partial charge on any atom is 0.137 e. The molecule has 0 amide bonds. The third-order valence-corrected chi connectivity index (χ3v) is 5.84. The summed E-state index contributed by atoms with van der Waals surface area (Å²) < 4.78 is 1.76. The molecule has 0 saturated heterocycles. The smallest absolute Gasteiger partial charge is 0.137 e. The summed E-state index contributed by atoms with van der Waals surface area (Å²) in [6, 6.07) is 0. The molecule has 0 spiro atoms. The zero-order valence-electron chi connectivity index (χ0n) is 11.5. The number of halogens is 2. The van der Waals surface area contributed by atoms with Crippen LogP contribution in [-0.2, 0) is 9.68 Å². The largest absolute Gasteiger partial charge is 0.396 e. The Kier molecular flexibility index (Phi) is 5.01. The Labute approximate surface area is 140 Å². The van der Waals surface area contributed by atoms with Gasteiger partial charge >= 0.3 is 0 Å². The molecule has 4 atom stereocenters. The molecule has 2 heterocycles. The van der Waals surface area contributed by atoms with Crippen LogP contribution < -0.4 is 0 Å². The average molecular weight is 422 g/mol. The summed E-state index contributed by atoms with van der Waals surface area (Å²) in [5.41, 5.74) is 1.25. The molecular formula is C14H18Br2N2O3. The maximum atomic E-state index is 9.28. The molecule has 21 heavy (non-hydrogen) atoms. The average Bonchev–Trinajstić information content (AvgIpc) is 2.99. The fourth-order valence-electron chi connectivity index (χ4n) is 3.13. The molecule has 0 bridgehead atoms. The standard InChI is InChI=1S/C14H18Br2N2O3/c15-13-9-2-1-8(5-6-19)7-10-12(21-18-14(10)16)4-3-11(9)20-17-13/h1,9-12,19H,2-7H2/b8-1-/t9-,10-,11-,12+/m0/s1. The first-order chi connectivity index (χ1) is 10.2. The molecule has 0 radical (unpaired) electrons. The second-order valence-corrected chi connectivity index (χ2v) is 7.31. The SMILES string of the molecule is OCC/C1=C/C[C@@H]2C(Br)=NO[C@H]2CC[C@H]2ON=C(Br)[C@H]2C1. The van der Waals surface area contributed by atoms with Gasteiger partial charge in [-0.1, -0.05) is 22.0 Å². The van der Waals surface area contributed by atoms with Gasteiger partial charge in [-0.25, -0.2) is 0 Å². The van der Waals surface area contributed by atoms with Crippen molar-refractivity contribution >= 4 is 41.1 Å². The molecule has 1 N–H and O–H groups in total. The summed E-state index contributed by atoms with van der Waals surface area (Å²) >= 11 is 7.00. The lowest BCUT2D eigenvalue weighted by Crippen LogP contribution is -2.28. The molecule has 0 aromatic heterocycles. The van der Waals surface area contributed by atoms with E-state index in [-0.39, 0.29) is 30.7 Å². The summed E-state index contributed by atoms with van der Waals surface area (Å²) in [6.45, 7) is 0.165. The minimum Gasteiger partial charge on any atom is -0.396 e. The van der Waals surface area contributed by atoms with Crippen LogP contribution in [0.15, 0.2) is 22.0 Å². The number of fused-ring (bicyclic) bond motifs is 2. The van der Waals surface area contributed by atoms with Crippen LogP contribution in [0.5, 0.6) is 0 Å². The van der Waals surface area contributed by atoms with E-state index in [1.807, 2.05) is 0 Å². The molecule has 3 rings (SSSR count). The van der Waals surface area contributed by atoms with E-state index >= 15 is 0 Å². The minimum atomic E-state index is 0.0724. The number of aliphatic hydroxyl groups excluding tert-OH is 1. The van der Waals surface area contributed by atoms with Gasteiger partial charge in [0.15, 0.2) is 0 Å². The van der Waals surface area contributed by atoms with E-state index in [2.05, 4.69) is 48.2 Å². The quantitative estimate of drug-likeness (QED) is 0.695. The van der Waals surface area contributed by atoms with Crippen LogP contribution >= 0.6 is 31.9 Å². The van der Waals surface area contributed by atoms with Crippen molar-refractivity contribution in [3.63, 3.8) is 0 Å². The predicted octanol–water partition coefficient (Wildman–Crippen LogP) is 3.32. The van der Waals surface area contributed by atoms with Gasteiger partial charge in [0.2, 0.25) is 0 Å². The zero-order valence-corrected chi connectivity index (χ0v) is 14.7. The van der Waals surface area contributed by atoms with Crippen LogP contribution in [0.25, 0.3) is 0 Å². The fourth-order valence-corrected chi connectivity index (χ4v) is 4.24. The molecule has 0 fully saturated rings. The van der Waals surface area contributed by atoms with E-state index in [0.717, 1.165) is 34.9 Å². The van der Waals surface area contributed by atoms with Crippen molar-refractivity contribution in [2.45, 2.75) is 44.3 Å². The van der Waals surface area contributed by atoms with Gasteiger partial charge in [0, 0.05) is 6.61 Å². The molecule has 0 unspecified atom stereocenters. The number of aliphatic hydroxyl groups is 1. The highest BCUT2D eigenvalue weighted by Crippen LogP contribution is 2.37. The molecule has 0 aromatic rings. The fraction of sp³-hybridized carbons (Fsp3) is 0.714. The first-order valence-electron chi connectivity index (χ1n) is 7.26. The van der Waals surface area contributed by atoms with Gasteiger partial charge in [-0.15, -0.1) is 0 Å². The number of hydrogen-bond donors (Lipinski definition) is 1. The lowest BCUT2D eigenvalue weighted by atomic mass is 9.85. The van der Waals surface area contributed by atoms with Crippen LogP contribution in [-0.4, -0.2) is 33.2 Å². The van der Waals surface area contributed by atoms with Crippen molar-refractivity contribution in [3.8, 4) is 0 Å². The van der Waals surface area contributed by atoms with Gasteiger partial charge in [0.05, 0.1) is 11.8 Å². The normalized spacial score (nSPS) is 38.1. The predicted molar refractivity (Wildman–Crippen MR) is 87.7 cm³/mol. The Hall–Kier alpha value is -0.400. The third kappa shape index (κ3) is 3.35. The highest BCUT2D eigenvalue weighted by Gasteiger charge is 2.38. The van der Waals surface area contributed by atoms with E-state index in [1.165, 1.54) is 5.57 Å². The van der Waals surface area contributed by atoms with Crippen molar-refractivity contribution in [1.29, 1.82) is 0 Å². The Morgan fingerprint density at radius 1 is 1.10 bits per heavy atom. The van der Waals surface area contributed by atoms with Crippen LogP contribution in [0.1, 0.15) is 32.1 Å². The second-order valence-electron chi connectivity index (χ2n) is 5.68. The summed E-state index contributed by atoms with van der Waals surface area (Å²) in [5.74, 6) is 0.506. The topological polar surface area (TPSA) is 63.4 Å². The number of rotatable bonds is 2. The molecule has 7 heteroatoms. The molecular weight excluding hydrogens is 404 g/mol. The van der Waals surface area contributed by atoms with Gasteiger partial charge in [-0.3, -0.25) is 0 Å². The number of allylic oxidation sites excluding steroid dienone is 1. The first kappa shape index (κ1) is 15.5. The molecule has 3 aliphatic rings. The zero-order chi connectivity index (χ0) is 14.8. The van der Waals surface area contributed by atoms with Gasteiger partial charge in [0.1, 0.15) is 21.4 Å². The van der Waals surface area contributed by atoms with E-state index in [0.29, 0.717) is 6.42 Å². The minimum absolute atomic E-state index is 0.0724. The lowest BCUT2D eigenvalue weighted by molar-refractivity contribution is 0.0162. The van der Waals surface area contributed by atoms with Crippen molar-refractivity contribution in [1.82, 2.24) is 0 Å². The Balaban J connectivity index is 1.81. The van der Waals surface area contributed by atoms with Crippen LogP contribution in [0.3, 0.4) is 0 Å². The molecule has 1 aliphatic carbocycles. The summed E-state index contributed by atoms with van der Waals surface area (Å²) in [6.07, 6.45) is 6.64. The third-order valence-electron chi connectivity index (χ3n) is 4.37. The number of oxime groups is 2. The molecule has 2 aliphatic heterocycles. The second kappa shape index (κ2) is 6.79. The highest BCUT2D eigenvalue weighted by molar-refractivity contribution is 9.18. The maximum absolute atomic E-state index is 9.28. The molecule has 0 saturated carbocycles. The molecule has 5 nitrogen and oxygen atoms in total. The van der Waals surface area contributed by atoms with Gasteiger partial charge in [0.25, 0.3) is 0 Å². The lowest BCUT2D eigenvalue weighted by Gasteiger charge is -2.24. The van der Waals surface area contributed by atoms with E-state index in [4.69, 9.17) is 9.68 Å². The Bertz CT molecular complexity index is 493. The first-order valence-corrected chi connectivity index (χ1v) is 8.84. The summed E-state index contributed by atoms with van der Waals surface area (Å²) in [7, 11) is 0. The highest BCUT2D eigenvalue weighted by atomic mass is 79.9. The van der Waals surface area contributed by atoms with Crippen molar-refractivity contribution < 1.29 is 14.8 Å². The summed E-state index contributed by atoms with van der Waals surface area (Å²) in [5, 5.41) is 17.4. The Morgan fingerprint density at radius 3 is 2.38 bits per heavy atom. The van der Waals surface area contributed by atoms with Gasteiger partial charge in [-0.05, 0) is 64.0 Å². The van der Waals surface area contributed by atoms with Crippen molar-refractivity contribution in [2.24, 2.45) is 22.1 Å². The Morgan fingerprint density at radius 2 is 1.71 bits per heavy atom. The number of nitrogens with zero attached hydrogens (tertiary/aromatic N) is 2.